The minimum Gasteiger partial charge on any atom is -0.481 e. The Hall–Kier alpha value is -1.85. The third-order valence-corrected chi connectivity index (χ3v) is 3.05. The number of pyridine rings is 1. The Balaban J connectivity index is 2.11. The minimum atomic E-state index is -0.300. The van der Waals surface area contributed by atoms with E-state index < -0.39 is 0 Å². The van der Waals surface area contributed by atoms with E-state index in [0.717, 1.165) is 5.39 Å². The van der Waals surface area contributed by atoms with Crippen molar-refractivity contribution in [3.8, 4) is 5.75 Å². The quantitative estimate of drug-likeness (QED) is 0.881. The van der Waals surface area contributed by atoms with Crippen molar-refractivity contribution in [3.63, 3.8) is 0 Å². The van der Waals surface area contributed by atoms with Gasteiger partial charge < -0.3 is 15.2 Å². The van der Waals surface area contributed by atoms with Crippen LogP contribution in [0.25, 0.3) is 10.9 Å². The van der Waals surface area contributed by atoms with Crippen LogP contribution in [0.1, 0.15) is 6.92 Å². The normalized spacial score (nSPS) is 12.2. The molecule has 2 N–H and O–H groups in total. The number of benzene rings is 1. The summed E-state index contributed by atoms with van der Waals surface area (Å²) in [5.74, 6) is 0.197. The van der Waals surface area contributed by atoms with Gasteiger partial charge in [-0.3, -0.25) is 9.78 Å². The predicted molar refractivity (Wildman–Crippen MR) is 76.9 cm³/mol. The third-order valence-electron chi connectivity index (χ3n) is 2.72. The number of hydrogen-bond acceptors (Lipinski definition) is 4. The van der Waals surface area contributed by atoms with Crippen LogP contribution in [0.15, 0.2) is 30.5 Å². The molecular formula is C14H15ClN2O3. The number of hydrogen-bond donors (Lipinski definition) is 2. The van der Waals surface area contributed by atoms with Gasteiger partial charge in [0.1, 0.15) is 11.3 Å². The molecule has 0 bridgehead atoms. The van der Waals surface area contributed by atoms with Gasteiger partial charge in [0, 0.05) is 17.6 Å². The molecule has 20 heavy (non-hydrogen) atoms. The summed E-state index contributed by atoms with van der Waals surface area (Å²) in [4.78, 5) is 15.8. The number of carbonyl (C=O) groups is 1. The Labute approximate surface area is 121 Å². The van der Waals surface area contributed by atoms with Gasteiger partial charge in [0.15, 0.2) is 6.61 Å². The lowest BCUT2D eigenvalue weighted by molar-refractivity contribution is -0.123. The van der Waals surface area contributed by atoms with Crippen molar-refractivity contribution in [1.82, 2.24) is 10.3 Å². The smallest absolute Gasteiger partial charge is 0.258 e. The highest BCUT2D eigenvalue weighted by atomic mass is 35.5. The van der Waals surface area contributed by atoms with Crippen molar-refractivity contribution in [2.24, 2.45) is 0 Å². The Morgan fingerprint density at radius 2 is 2.30 bits per heavy atom. The molecule has 106 valence electrons. The van der Waals surface area contributed by atoms with E-state index >= 15 is 0 Å². The fraction of sp³-hybridized carbons (Fsp3) is 0.286. The van der Waals surface area contributed by atoms with Crippen molar-refractivity contribution in [2.45, 2.75) is 13.0 Å². The first-order chi connectivity index (χ1) is 9.61. The molecule has 0 saturated heterocycles. The summed E-state index contributed by atoms with van der Waals surface area (Å²) < 4.78 is 5.47. The molecule has 0 aliphatic heterocycles. The van der Waals surface area contributed by atoms with Crippen LogP contribution < -0.4 is 10.1 Å². The van der Waals surface area contributed by atoms with E-state index in [4.69, 9.17) is 21.4 Å². The summed E-state index contributed by atoms with van der Waals surface area (Å²) in [5, 5.41) is 12.8. The highest BCUT2D eigenvalue weighted by molar-refractivity contribution is 6.35. The van der Waals surface area contributed by atoms with Crippen LogP contribution in [0.5, 0.6) is 5.75 Å². The van der Waals surface area contributed by atoms with Gasteiger partial charge in [-0.25, -0.2) is 0 Å². The first-order valence-electron chi connectivity index (χ1n) is 6.18. The summed E-state index contributed by atoms with van der Waals surface area (Å²) in [6.07, 6.45) is 1.64. The molecular weight excluding hydrogens is 280 g/mol. The zero-order valence-corrected chi connectivity index (χ0v) is 11.7. The summed E-state index contributed by atoms with van der Waals surface area (Å²) >= 11 is 6.08. The predicted octanol–water partition coefficient (Wildman–Crippen LogP) is 1.76. The average molecular weight is 295 g/mol. The highest BCUT2D eigenvalue weighted by Crippen LogP contribution is 2.29. The Morgan fingerprint density at radius 3 is 3.05 bits per heavy atom. The first-order valence-corrected chi connectivity index (χ1v) is 6.56. The molecule has 2 aromatic rings. The maximum atomic E-state index is 11.6. The molecule has 1 aromatic heterocycles. The fourth-order valence-corrected chi connectivity index (χ4v) is 1.95. The minimum absolute atomic E-state index is 0.114. The van der Waals surface area contributed by atoms with Crippen molar-refractivity contribution >= 4 is 28.4 Å². The van der Waals surface area contributed by atoms with E-state index in [1.165, 1.54) is 0 Å². The van der Waals surface area contributed by atoms with Crippen LogP contribution in [0.2, 0.25) is 5.02 Å². The monoisotopic (exact) mass is 294 g/mol. The molecule has 1 atom stereocenters. The molecule has 0 aliphatic rings. The van der Waals surface area contributed by atoms with Crippen LogP contribution in [0.4, 0.5) is 0 Å². The number of aromatic nitrogens is 1. The second-order valence-electron chi connectivity index (χ2n) is 4.38. The molecule has 5 nitrogen and oxygen atoms in total. The number of aliphatic hydroxyl groups is 1. The first kappa shape index (κ1) is 14.6. The Morgan fingerprint density at radius 1 is 1.50 bits per heavy atom. The summed E-state index contributed by atoms with van der Waals surface area (Å²) in [5.41, 5.74) is 0.614. The Kier molecular flexibility index (Phi) is 4.76. The molecule has 0 fully saturated rings. The van der Waals surface area contributed by atoms with Crippen molar-refractivity contribution in [2.75, 3.05) is 13.2 Å². The molecule has 1 heterocycles. The van der Waals surface area contributed by atoms with E-state index in [1.807, 2.05) is 6.07 Å². The number of aliphatic hydroxyl groups excluding tert-OH is 1. The largest absolute Gasteiger partial charge is 0.481 e. The second-order valence-corrected chi connectivity index (χ2v) is 4.79. The molecule has 0 radical (unpaired) electrons. The molecule has 1 unspecified atom stereocenters. The van der Waals surface area contributed by atoms with Crippen molar-refractivity contribution in [1.29, 1.82) is 0 Å². The third kappa shape index (κ3) is 3.37. The number of ether oxygens (including phenoxy) is 1. The van der Waals surface area contributed by atoms with E-state index in [9.17, 15) is 4.79 Å². The zero-order chi connectivity index (χ0) is 14.5. The van der Waals surface area contributed by atoms with E-state index in [0.29, 0.717) is 16.3 Å². The number of fused-ring (bicyclic) bond motifs is 1. The van der Waals surface area contributed by atoms with E-state index in [-0.39, 0.29) is 25.2 Å². The van der Waals surface area contributed by atoms with Gasteiger partial charge in [-0.1, -0.05) is 11.6 Å². The summed E-state index contributed by atoms with van der Waals surface area (Å²) in [7, 11) is 0. The van der Waals surface area contributed by atoms with Gasteiger partial charge in [0.05, 0.1) is 11.6 Å². The van der Waals surface area contributed by atoms with E-state index in [2.05, 4.69) is 10.3 Å². The van der Waals surface area contributed by atoms with Gasteiger partial charge in [-0.15, -0.1) is 0 Å². The summed E-state index contributed by atoms with van der Waals surface area (Å²) in [6, 6.07) is 6.71. The molecule has 0 aliphatic carbocycles. The lowest BCUT2D eigenvalue weighted by Crippen LogP contribution is -2.38. The lowest BCUT2D eigenvalue weighted by atomic mass is 10.2. The van der Waals surface area contributed by atoms with Crippen LogP contribution in [0.3, 0.4) is 0 Å². The molecule has 0 spiro atoms. The van der Waals surface area contributed by atoms with Crippen LogP contribution in [-0.2, 0) is 4.79 Å². The van der Waals surface area contributed by atoms with Crippen LogP contribution in [-0.4, -0.2) is 35.3 Å². The van der Waals surface area contributed by atoms with Gasteiger partial charge in [-0.2, -0.15) is 0 Å². The Bertz CT molecular complexity index is 618. The molecule has 1 aromatic carbocycles. The number of nitrogens with zero attached hydrogens (tertiary/aromatic N) is 1. The number of carbonyl (C=O) groups excluding carboxylic acids is 1. The topological polar surface area (TPSA) is 71.5 Å². The number of halogens is 1. The molecule has 1 amide bonds. The number of nitrogens with one attached hydrogen (secondary N) is 1. The maximum Gasteiger partial charge on any atom is 0.258 e. The van der Waals surface area contributed by atoms with Crippen LogP contribution >= 0.6 is 11.6 Å². The van der Waals surface area contributed by atoms with Crippen molar-refractivity contribution < 1.29 is 14.6 Å². The van der Waals surface area contributed by atoms with Gasteiger partial charge in [0.2, 0.25) is 0 Å². The maximum absolute atomic E-state index is 11.6. The molecule has 2 rings (SSSR count). The second kappa shape index (κ2) is 6.54. The summed E-state index contributed by atoms with van der Waals surface area (Å²) in [6.45, 7) is 1.45. The molecule has 6 heteroatoms. The number of amides is 1. The zero-order valence-electron chi connectivity index (χ0n) is 11.0. The van der Waals surface area contributed by atoms with Gasteiger partial charge in [-0.05, 0) is 31.2 Å². The van der Waals surface area contributed by atoms with Crippen LogP contribution in [0, 0.1) is 0 Å². The van der Waals surface area contributed by atoms with E-state index in [1.54, 1.807) is 31.3 Å². The lowest BCUT2D eigenvalue weighted by Gasteiger charge is -2.12. The van der Waals surface area contributed by atoms with Crippen molar-refractivity contribution in [3.05, 3.63) is 35.5 Å². The SMILES string of the molecule is CC(CO)NC(=O)COc1ccc(Cl)c2cccnc12. The molecule has 0 saturated carbocycles. The average Bonchev–Trinajstić information content (AvgIpc) is 2.46. The van der Waals surface area contributed by atoms with Gasteiger partial charge >= 0.3 is 0 Å². The highest BCUT2D eigenvalue weighted by Gasteiger charge is 2.10. The number of rotatable bonds is 5. The standard InChI is InChI=1S/C14H15ClN2O3/c1-9(7-18)17-13(19)8-20-12-5-4-11(15)10-3-2-6-16-14(10)12/h2-6,9,18H,7-8H2,1H3,(H,17,19). The van der Waals surface area contributed by atoms with Gasteiger partial charge in [0.25, 0.3) is 5.91 Å². The fourth-order valence-electron chi connectivity index (χ4n) is 1.73.